The Labute approximate surface area is 166 Å². The Morgan fingerprint density at radius 3 is 2.75 bits per heavy atom. The molecule has 0 atom stereocenters. The first-order valence-electron chi connectivity index (χ1n) is 9.50. The van der Waals surface area contributed by atoms with Gasteiger partial charge in [0.25, 0.3) is 0 Å². The molecule has 142 valence electrons. The maximum absolute atomic E-state index is 12.8. The fourth-order valence-electron chi connectivity index (χ4n) is 3.87. The highest BCUT2D eigenvalue weighted by Crippen LogP contribution is 2.35. The zero-order chi connectivity index (χ0) is 19.3. The Kier molecular flexibility index (Phi) is 4.18. The Balaban J connectivity index is 1.60. The molecule has 4 aromatic rings. The smallest absolute Gasteiger partial charge is 0.345 e. The van der Waals surface area contributed by atoms with Crippen LogP contribution in [0.3, 0.4) is 0 Å². The Hall–Kier alpha value is -2.70. The van der Waals surface area contributed by atoms with E-state index in [9.17, 15) is 4.79 Å². The summed E-state index contributed by atoms with van der Waals surface area (Å²) >= 11 is 1.61. The molecular formula is C22H21N3O2S. The van der Waals surface area contributed by atoms with Crippen LogP contribution in [0.25, 0.3) is 31.5 Å². The molecule has 0 unspecified atom stereocenters. The van der Waals surface area contributed by atoms with Gasteiger partial charge in [0.2, 0.25) is 0 Å². The molecule has 1 aliphatic rings. The highest BCUT2D eigenvalue weighted by atomic mass is 32.1. The van der Waals surface area contributed by atoms with Gasteiger partial charge in [0.1, 0.15) is 5.58 Å². The summed E-state index contributed by atoms with van der Waals surface area (Å²) in [5, 5.41) is 5.39. The lowest BCUT2D eigenvalue weighted by molar-refractivity contribution is 0.562. The quantitative estimate of drug-likeness (QED) is 0.522. The fraction of sp³-hybridized carbons (Fsp3) is 0.273. The van der Waals surface area contributed by atoms with Crippen molar-refractivity contribution in [1.82, 2.24) is 10.3 Å². The first kappa shape index (κ1) is 17.4. The predicted octanol–water partition coefficient (Wildman–Crippen LogP) is 4.10. The summed E-state index contributed by atoms with van der Waals surface area (Å²) in [6.07, 6.45) is 0. The number of nitrogens with one attached hydrogen (secondary N) is 1. The number of rotatable bonds is 2. The standard InChI is InChI=1S/C22H21N3O2S/c1-13-9-20-17(14(2)24-13)12-21(28-20)18-10-15-3-4-16(11-19(15)27-22(18)26)25-7-5-23-6-8-25/h3-4,9-12,23H,5-8H2,1-2H3. The SMILES string of the molecule is Cc1cc2sc(-c3cc4ccc(N5CCNCC5)cc4oc3=O)cc2c(C)n1. The number of aryl methyl sites for hydroxylation is 2. The highest BCUT2D eigenvalue weighted by Gasteiger charge is 2.15. The van der Waals surface area contributed by atoms with Gasteiger partial charge >= 0.3 is 5.63 Å². The lowest BCUT2D eigenvalue weighted by Crippen LogP contribution is -2.43. The van der Waals surface area contributed by atoms with E-state index in [0.29, 0.717) is 11.1 Å². The highest BCUT2D eigenvalue weighted by molar-refractivity contribution is 7.22. The van der Waals surface area contributed by atoms with E-state index in [1.165, 1.54) is 0 Å². The summed E-state index contributed by atoms with van der Waals surface area (Å²) < 4.78 is 6.87. The third-order valence-electron chi connectivity index (χ3n) is 5.30. The van der Waals surface area contributed by atoms with E-state index in [1.54, 1.807) is 11.3 Å². The molecule has 1 N–H and O–H groups in total. The van der Waals surface area contributed by atoms with Gasteiger partial charge in [-0.05, 0) is 44.2 Å². The summed E-state index contributed by atoms with van der Waals surface area (Å²) in [5.74, 6) is 0. The minimum Gasteiger partial charge on any atom is -0.422 e. The van der Waals surface area contributed by atoms with Crippen molar-refractivity contribution in [2.75, 3.05) is 31.1 Å². The fourth-order valence-corrected chi connectivity index (χ4v) is 5.08. The summed E-state index contributed by atoms with van der Waals surface area (Å²) in [6, 6.07) is 12.2. The Bertz CT molecular complexity index is 1250. The molecule has 6 heteroatoms. The number of pyridine rings is 1. The van der Waals surface area contributed by atoms with E-state index < -0.39 is 0 Å². The summed E-state index contributed by atoms with van der Waals surface area (Å²) in [4.78, 5) is 20.5. The van der Waals surface area contributed by atoms with Crippen LogP contribution in [0.1, 0.15) is 11.4 Å². The van der Waals surface area contributed by atoms with Gasteiger partial charge < -0.3 is 14.6 Å². The van der Waals surface area contributed by atoms with E-state index in [2.05, 4.69) is 33.4 Å². The zero-order valence-corrected chi connectivity index (χ0v) is 16.7. The second-order valence-corrected chi connectivity index (χ2v) is 8.36. The molecule has 5 nitrogen and oxygen atoms in total. The van der Waals surface area contributed by atoms with Crippen molar-refractivity contribution < 1.29 is 4.42 Å². The van der Waals surface area contributed by atoms with Gasteiger partial charge in [-0.15, -0.1) is 11.3 Å². The van der Waals surface area contributed by atoms with Crippen LogP contribution >= 0.6 is 11.3 Å². The number of benzene rings is 1. The number of thiophene rings is 1. The molecule has 0 aliphatic carbocycles. The van der Waals surface area contributed by atoms with Crippen LogP contribution in [-0.4, -0.2) is 31.2 Å². The average Bonchev–Trinajstić information content (AvgIpc) is 3.12. The minimum atomic E-state index is -0.293. The molecule has 1 saturated heterocycles. The number of aromatic nitrogens is 1. The molecule has 0 amide bonds. The molecule has 0 radical (unpaired) electrons. The van der Waals surface area contributed by atoms with Crippen LogP contribution in [0, 0.1) is 13.8 Å². The second-order valence-electron chi connectivity index (χ2n) is 7.28. The number of anilines is 1. The van der Waals surface area contributed by atoms with Crippen LogP contribution in [0.4, 0.5) is 5.69 Å². The van der Waals surface area contributed by atoms with Crippen molar-refractivity contribution >= 4 is 38.1 Å². The molecule has 1 fully saturated rings. The lowest BCUT2D eigenvalue weighted by atomic mass is 10.1. The number of nitrogens with zero attached hydrogens (tertiary/aromatic N) is 2. The van der Waals surface area contributed by atoms with E-state index in [4.69, 9.17) is 4.42 Å². The summed E-state index contributed by atoms with van der Waals surface area (Å²) in [6.45, 7) is 7.87. The lowest BCUT2D eigenvalue weighted by Gasteiger charge is -2.29. The molecule has 1 aromatic carbocycles. The number of hydrogen-bond acceptors (Lipinski definition) is 6. The number of hydrogen-bond donors (Lipinski definition) is 1. The van der Waals surface area contributed by atoms with Crippen molar-refractivity contribution in [2.45, 2.75) is 13.8 Å². The maximum Gasteiger partial charge on any atom is 0.345 e. The first-order chi connectivity index (χ1) is 13.6. The third-order valence-corrected chi connectivity index (χ3v) is 6.42. The second kappa shape index (κ2) is 6.72. The topological polar surface area (TPSA) is 58.4 Å². The van der Waals surface area contributed by atoms with Gasteiger partial charge in [-0.25, -0.2) is 4.79 Å². The molecule has 5 rings (SSSR count). The van der Waals surface area contributed by atoms with Crippen molar-refractivity contribution in [2.24, 2.45) is 0 Å². The van der Waals surface area contributed by atoms with Gasteiger partial charge in [-0.1, -0.05) is 0 Å². The average molecular weight is 391 g/mol. The van der Waals surface area contributed by atoms with Gasteiger partial charge in [0, 0.05) is 69.7 Å². The Morgan fingerprint density at radius 1 is 1.11 bits per heavy atom. The van der Waals surface area contributed by atoms with Crippen molar-refractivity contribution in [3.8, 4) is 10.4 Å². The molecule has 0 bridgehead atoms. The van der Waals surface area contributed by atoms with Crippen LogP contribution in [0.5, 0.6) is 0 Å². The number of fused-ring (bicyclic) bond motifs is 2. The molecule has 3 aromatic heterocycles. The molecule has 4 heterocycles. The van der Waals surface area contributed by atoms with Crippen molar-refractivity contribution in [1.29, 1.82) is 0 Å². The molecular weight excluding hydrogens is 370 g/mol. The van der Waals surface area contributed by atoms with Gasteiger partial charge in [-0.3, -0.25) is 4.98 Å². The summed E-state index contributed by atoms with van der Waals surface area (Å²) in [5.41, 5.74) is 4.04. The monoisotopic (exact) mass is 391 g/mol. The molecule has 28 heavy (non-hydrogen) atoms. The van der Waals surface area contributed by atoms with Crippen LogP contribution in [0.2, 0.25) is 0 Å². The summed E-state index contributed by atoms with van der Waals surface area (Å²) in [7, 11) is 0. The van der Waals surface area contributed by atoms with Crippen molar-refractivity contribution in [3.63, 3.8) is 0 Å². The molecule has 0 saturated carbocycles. The maximum atomic E-state index is 12.8. The van der Waals surface area contributed by atoms with Crippen LogP contribution in [-0.2, 0) is 0 Å². The largest absolute Gasteiger partial charge is 0.422 e. The van der Waals surface area contributed by atoms with E-state index in [1.807, 2.05) is 32.0 Å². The van der Waals surface area contributed by atoms with E-state index >= 15 is 0 Å². The van der Waals surface area contributed by atoms with Crippen LogP contribution in [0.15, 0.2) is 45.6 Å². The first-order valence-corrected chi connectivity index (χ1v) is 10.3. The predicted molar refractivity (Wildman–Crippen MR) is 116 cm³/mol. The molecule has 1 aliphatic heterocycles. The zero-order valence-electron chi connectivity index (χ0n) is 15.9. The van der Waals surface area contributed by atoms with E-state index in [-0.39, 0.29) is 5.63 Å². The van der Waals surface area contributed by atoms with Crippen LogP contribution < -0.4 is 15.8 Å². The van der Waals surface area contributed by atoms with E-state index in [0.717, 1.165) is 63.6 Å². The van der Waals surface area contributed by atoms with Gasteiger partial charge in [0.15, 0.2) is 0 Å². The van der Waals surface area contributed by atoms with Gasteiger partial charge in [0.05, 0.1) is 5.56 Å². The van der Waals surface area contributed by atoms with Crippen molar-refractivity contribution in [3.05, 3.63) is 58.2 Å². The van der Waals surface area contributed by atoms with Gasteiger partial charge in [-0.2, -0.15) is 0 Å². The third kappa shape index (κ3) is 2.99. The molecule has 0 spiro atoms. The Morgan fingerprint density at radius 2 is 1.93 bits per heavy atom. The number of piperazine rings is 1. The normalized spacial score (nSPS) is 14.9. The minimum absolute atomic E-state index is 0.293.